The molecule has 2 fully saturated rings. The lowest BCUT2D eigenvalue weighted by Gasteiger charge is -2.24. The SMILES string of the molecule is CC1(C)CCCN(C(=O)C2(C#N)CC2)CC1. The van der Waals surface area contributed by atoms with Crippen molar-refractivity contribution in [3.05, 3.63) is 0 Å². The Morgan fingerprint density at radius 2 is 1.88 bits per heavy atom. The molecule has 0 aromatic rings. The van der Waals surface area contributed by atoms with Crippen molar-refractivity contribution in [1.29, 1.82) is 5.26 Å². The Kier molecular flexibility index (Phi) is 2.69. The Hall–Kier alpha value is -1.04. The maximum absolute atomic E-state index is 12.2. The molecule has 1 aliphatic carbocycles. The lowest BCUT2D eigenvalue weighted by atomic mass is 9.85. The average molecular weight is 220 g/mol. The predicted octanol–water partition coefficient (Wildman–Crippen LogP) is 2.33. The first-order valence-corrected chi connectivity index (χ1v) is 6.20. The zero-order valence-electron chi connectivity index (χ0n) is 10.3. The molecule has 1 aliphatic heterocycles. The highest BCUT2D eigenvalue weighted by Gasteiger charge is 2.52. The fourth-order valence-corrected chi connectivity index (χ4v) is 2.43. The van der Waals surface area contributed by atoms with Gasteiger partial charge in [-0.25, -0.2) is 0 Å². The molecule has 88 valence electrons. The van der Waals surface area contributed by atoms with E-state index in [4.69, 9.17) is 5.26 Å². The van der Waals surface area contributed by atoms with E-state index >= 15 is 0 Å². The van der Waals surface area contributed by atoms with Crippen LogP contribution in [0.3, 0.4) is 0 Å². The van der Waals surface area contributed by atoms with Gasteiger partial charge in [0.1, 0.15) is 5.41 Å². The highest BCUT2D eigenvalue weighted by molar-refractivity contribution is 5.88. The van der Waals surface area contributed by atoms with Crippen molar-refractivity contribution >= 4 is 5.91 Å². The third-order valence-corrected chi connectivity index (χ3v) is 4.00. The molecule has 0 bridgehead atoms. The number of carbonyl (C=O) groups is 1. The van der Waals surface area contributed by atoms with E-state index in [1.807, 2.05) is 4.90 Å². The van der Waals surface area contributed by atoms with Crippen LogP contribution in [0, 0.1) is 22.2 Å². The largest absolute Gasteiger partial charge is 0.341 e. The van der Waals surface area contributed by atoms with Crippen molar-refractivity contribution < 1.29 is 4.79 Å². The number of amides is 1. The van der Waals surface area contributed by atoms with Crippen LogP contribution < -0.4 is 0 Å². The molecule has 1 saturated heterocycles. The van der Waals surface area contributed by atoms with Gasteiger partial charge in [-0.3, -0.25) is 4.79 Å². The number of nitrogens with zero attached hydrogens (tertiary/aromatic N) is 2. The second-order valence-electron chi connectivity index (χ2n) is 6.00. The molecule has 1 heterocycles. The summed E-state index contributed by atoms with van der Waals surface area (Å²) in [6.45, 7) is 6.19. The van der Waals surface area contributed by atoms with Crippen molar-refractivity contribution in [1.82, 2.24) is 4.90 Å². The molecular weight excluding hydrogens is 200 g/mol. The second-order valence-corrected chi connectivity index (χ2v) is 6.00. The van der Waals surface area contributed by atoms with Crippen LogP contribution in [0.15, 0.2) is 0 Å². The highest BCUT2D eigenvalue weighted by Crippen LogP contribution is 2.47. The van der Waals surface area contributed by atoms with Gasteiger partial charge in [-0.2, -0.15) is 5.26 Å². The third kappa shape index (κ3) is 2.07. The monoisotopic (exact) mass is 220 g/mol. The van der Waals surface area contributed by atoms with Gasteiger partial charge in [-0.15, -0.1) is 0 Å². The molecule has 0 atom stereocenters. The summed E-state index contributed by atoms with van der Waals surface area (Å²) in [6.07, 6.45) is 4.83. The van der Waals surface area contributed by atoms with Crippen LogP contribution in [-0.2, 0) is 4.79 Å². The summed E-state index contributed by atoms with van der Waals surface area (Å²) < 4.78 is 0. The first kappa shape index (κ1) is 11.4. The average Bonchev–Trinajstić information content (AvgIpc) is 3.02. The number of carbonyl (C=O) groups excluding carboxylic acids is 1. The number of likely N-dealkylation sites (tertiary alicyclic amines) is 1. The van der Waals surface area contributed by atoms with Crippen molar-refractivity contribution in [3.8, 4) is 6.07 Å². The fourth-order valence-electron chi connectivity index (χ4n) is 2.43. The van der Waals surface area contributed by atoms with E-state index in [1.165, 1.54) is 6.42 Å². The molecule has 2 aliphatic rings. The Labute approximate surface area is 97.4 Å². The molecule has 0 aromatic heterocycles. The van der Waals surface area contributed by atoms with Crippen LogP contribution >= 0.6 is 0 Å². The standard InChI is InChI=1S/C13H20N2O/c1-12(2)4-3-8-15(9-7-12)11(16)13(10-14)5-6-13/h3-9H2,1-2H3. The van der Waals surface area contributed by atoms with Crippen LogP contribution in [0.2, 0.25) is 0 Å². The summed E-state index contributed by atoms with van der Waals surface area (Å²) in [4.78, 5) is 14.1. The number of hydrogen-bond donors (Lipinski definition) is 0. The van der Waals surface area contributed by atoms with Crippen LogP contribution in [0.5, 0.6) is 0 Å². The molecule has 0 unspecified atom stereocenters. The van der Waals surface area contributed by atoms with Crippen LogP contribution in [0.4, 0.5) is 0 Å². The van der Waals surface area contributed by atoms with E-state index in [9.17, 15) is 4.79 Å². The zero-order chi connectivity index (χ0) is 11.8. The van der Waals surface area contributed by atoms with Gasteiger partial charge in [-0.1, -0.05) is 13.8 Å². The van der Waals surface area contributed by atoms with Crippen molar-refractivity contribution in [3.63, 3.8) is 0 Å². The van der Waals surface area contributed by atoms with Crippen LogP contribution in [0.1, 0.15) is 46.0 Å². The molecule has 0 spiro atoms. The Morgan fingerprint density at radius 3 is 2.44 bits per heavy atom. The van der Waals surface area contributed by atoms with E-state index in [2.05, 4.69) is 19.9 Å². The molecule has 1 amide bonds. The summed E-state index contributed by atoms with van der Waals surface area (Å²) >= 11 is 0. The number of nitriles is 1. The summed E-state index contributed by atoms with van der Waals surface area (Å²) in [5.41, 5.74) is -0.285. The van der Waals surface area contributed by atoms with E-state index in [1.54, 1.807) is 0 Å². The Balaban J connectivity index is 2.01. The summed E-state index contributed by atoms with van der Waals surface area (Å²) in [6, 6.07) is 2.20. The maximum atomic E-state index is 12.2. The molecule has 3 nitrogen and oxygen atoms in total. The minimum Gasteiger partial charge on any atom is -0.341 e. The maximum Gasteiger partial charge on any atom is 0.243 e. The predicted molar refractivity (Wildman–Crippen MR) is 61.5 cm³/mol. The van der Waals surface area contributed by atoms with Gasteiger partial charge in [-0.05, 0) is 37.5 Å². The van der Waals surface area contributed by atoms with Gasteiger partial charge in [0.05, 0.1) is 6.07 Å². The fraction of sp³-hybridized carbons (Fsp3) is 0.846. The zero-order valence-corrected chi connectivity index (χ0v) is 10.3. The Morgan fingerprint density at radius 1 is 1.19 bits per heavy atom. The topological polar surface area (TPSA) is 44.1 Å². The summed E-state index contributed by atoms with van der Waals surface area (Å²) in [7, 11) is 0. The van der Waals surface area contributed by atoms with Crippen LogP contribution in [0.25, 0.3) is 0 Å². The van der Waals surface area contributed by atoms with Crippen molar-refractivity contribution in [2.24, 2.45) is 10.8 Å². The molecule has 1 saturated carbocycles. The first-order valence-electron chi connectivity index (χ1n) is 6.20. The lowest BCUT2D eigenvalue weighted by Crippen LogP contribution is -2.37. The van der Waals surface area contributed by atoms with E-state index < -0.39 is 5.41 Å². The highest BCUT2D eigenvalue weighted by atomic mass is 16.2. The van der Waals surface area contributed by atoms with Crippen LogP contribution in [-0.4, -0.2) is 23.9 Å². The smallest absolute Gasteiger partial charge is 0.243 e. The third-order valence-electron chi connectivity index (χ3n) is 4.00. The normalized spacial score (nSPS) is 26.7. The van der Waals surface area contributed by atoms with Crippen molar-refractivity contribution in [2.75, 3.05) is 13.1 Å². The molecule has 16 heavy (non-hydrogen) atoms. The van der Waals surface area contributed by atoms with Gasteiger partial charge in [0.2, 0.25) is 5.91 Å². The van der Waals surface area contributed by atoms with E-state index in [0.29, 0.717) is 5.41 Å². The lowest BCUT2D eigenvalue weighted by molar-refractivity contribution is -0.134. The quantitative estimate of drug-likeness (QED) is 0.680. The van der Waals surface area contributed by atoms with Crippen molar-refractivity contribution in [2.45, 2.75) is 46.0 Å². The molecule has 0 N–H and O–H groups in total. The number of hydrogen-bond acceptors (Lipinski definition) is 2. The van der Waals surface area contributed by atoms with Gasteiger partial charge >= 0.3 is 0 Å². The molecule has 2 rings (SSSR count). The Bertz CT molecular complexity index is 336. The first-order chi connectivity index (χ1) is 7.49. The van der Waals surface area contributed by atoms with E-state index in [-0.39, 0.29) is 5.91 Å². The summed E-state index contributed by atoms with van der Waals surface area (Å²) in [5.74, 6) is 0.0905. The minimum atomic E-state index is -0.630. The van der Waals surface area contributed by atoms with E-state index in [0.717, 1.165) is 38.8 Å². The molecule has 3 heteroatoms. The van der Waals surface area contributed by atoms with Gasteiger partial charge < -0.3 is 4.90 Å². The molecule has 0 radical (unpaired) electrons. The molecule has 0 aromatic carbocycles. The summed E-state index contributed by atoms with van der Waals surface area (Å²) in [5, 5.41) is 9.03. The van der Waals surface area contributed by atoms with Gasteiger partial charge in [0.15, 0.2) is 0 Å². The second kappa shape index (κ2) is 3.76. The van der Waals surface area contributed by atoms with Gasteiger partial charge in [0.25, 0.3) is 0 Å². The van der Waals surface area contributed by atoms with Gasteiger partial charge in [0, 0.05) is 13.1 Å². The number of rotatable bonds is 1. The molecular formula is C13H20N2O. The minimum absolute atomic E-state index is 0.0905.